The largest absolute Gasteiger partial charge is 0.358 e. The van der Waals surface area contributed by atoms with Gasteiger partial charge in [-0.25, -0.2) is 0 Å². The second-order valence-electron chi connectivity index (χ2n) is 6.99. The summed E-state index contributed by atoms with van der Waals surface area (Å²) in [6.45, 7) is 13.1. The Morgan fingerprint density at radius 2 is 1.78 bits per heavy atom. The van der Waals surface area contributed by atoms with E-state index in [1.807, 2.05) is 34.6 Å². The van der Waals surface area contributed by atoms with Crippen LogP contribution in [0.4, 0.5) is 0 Å². The van der Waals surface area contributed by atoms with Crippen LogP contribution in [0.2, 0.25) is 0 Å². The predicted molar refractivity (Wildman–Crippen MR) is 93.4 cm³/mol. The molecule has 6 nitrogen and oxygen atoms in total. The third-order valence-corrected chi connectivity index (χ3v) is 5.00. The number of allylic oxidation sites excluding steroid dienone is 1. The Morgan fingerprint density at radius 3 is 2.13 bits per heavy atom. The summed E-state index contributed by atoms with van der Waals surface area (Å²) in [6, 6.07) is -0.717. The van der Waals surface area contributed by atoms with E-state index in [2.05, 4.69) is 10.6 Å². The second kappa shape index (κ2) is 8.80. The first kappa shape index (κ1) is 22.1. The van der Waals surface area contributed by atoms with Crippen LogP contribution in [0, 0.1) is 11.3 Å². The lowest BCUT2D eigenvalue weighted by molar-refractivity contribution is -0.125. The van der Waals surface area contributed by atoms with E-state index in [-0.39, 0.29) is 34.8 Å². The van der Waals surface area contributed by atoms with Crippen molar-refractivity contribution >= 4 is 16.0 Å². The summed E-state index contributed by atoms with van der Waals surface area (Å²) in [5.41, 5.74) is -0.312. The van der Waals surface area contributed by atoms with E-state index in [1.54, 1.807) is 20.0 Å². The van der Waals surface area contributed by atoms with Gasteiger partial charge in [-0.3, -0.25) is 14.3 Å². The van der Waals surface area contributed by atoms with Crippen molar-refractivity contribution in [2.75, 3.05) is 13.7 Å². The van der Waals surface area contributed by atoms with Crippen molar-refractivity contribution < 1.29 is 17.4 Å². The summed E-state index contributed by atoms with van der Waals surface area (Å²) < 4.78 is 28.7. The van der Waals surface area contributed by atoms with Crippen molar-refractivity contribution in [3.63, 3.8) is 0 Å². The zero-order chi connectivity index (χ0) is 18.4. The molecule has 7 heteroatoms. The van der Waals surface area contributed by atoms with Gasteiger partial charge in [-0.15, -0.1) is 0 Å². The smallest absolute Gasteiger partial charge is 0.292 e. The van der Waals surface area contributed by atoms with Crippen LogP contribution in [0.5, 0.6) is 0 Å². The maximum atomic E-state index is 12.2. The summed E-state index contributed by atoms with van der Waals surface area (Å²) >= 11 is 0. The third kappa shape index (κ3) is 7.01. The predicted octanol–water partition coefficient (Wildman–Crippen LogP) is 2.03. The Kier molecular flexibility index (Phi) is 8.45. The Morgan fingerprint density at radius 1 is 1.26 bits per heavy atom. The van der Waals surface area contributed by atoms with Crippen molar-refractivity contribution in [3.8, 4) is 0 Å². The van der Waals surface area contributed by atoms with E-state index in [0.29, 0.717) is 0 Å². The quantitative estimate of drug-likeness (QED) is 0.656. The minimum atomic E-state index is -3.72. The van der Waals surface area contributed by atoms with Crippen molar-refractivity contribution in [1.29, 1.82) is 0 Å². The molecule has 0 saturated heterocycles. The number of nitrogens with one attached hydrogen (secondary N) is 2. The molecular formula is C16H32N2O4S. The van der Waals surface area contributed by atoms with E-state index in [4.69, 9.17) is 4.18 Å². The standard InChI is InChI=1S/C16H32N2O4S/c1-9-22-23(20,21)12(4)10-13(11(2)3)18-14(15(19)17-8)16(5,6)7/h10-11,13-14,18H,9H2,1-8H3,(H,17,19)/b12-10+/t13-,14-/m1/s1. The molecular weight excluding hydrogens is 316 g/mol. The number of carbonyl (C=O) groups is 1. The molecule has 0 bridgehead atoms. The highest BCUT2D eigenvalue weighted by Crippen LogP contribution is 2.22. The van der Waals surface area contributed by atoms with Crippen LogP contribution in [0.3, 0.4) is 0 Å². The molecule has 0 aromatic rings. The molecule has 0 aliphatic carbocycles. The van der Waals surface area contributed by atoms with Crippen molar-refractivity contribution in [3.05, 3.63) is 11.0 Å². The molecule has 136 valence electrons. The average molecular weight is 349 g/mol. The lowest BCUT2D eigenvalue weighted by atomic mass is 9.85. The molecule has 0 rings (SSSR count). The molecule has 0 aliphatic rings. The highest BCUT2D eigenvalue weighted by atomic mass is 32.2. The van der Waals surface area contributed by atoms with Gasteiger partial charge in [0.05, 0.1) is 17.6 Å². The molecule has 0 radical (unpaired) electrons. The highest BCUT2D eigenvalue weighted by molar-refractivity contribution is 7.90. The fraction of sp³-hybridized carbons (Fsp3) is 0.812. The maximum Gasteiger partial charge on any atom is 0.292 e. The lowest BCUT2D eigenvalue weighted by Crippen LogP contribution is -2.55. The zero-order valence-electron chi connectivity index (χ0n) is 15.6. The van der Waals surface area contributed by atoms with Crippen LogP contribution in [-0.2, 0) is 19.1 Å². The van der Waals surface area contributed by atoms with Crippen LogP contribution in [0.1, 0.15) is 48.5 Å². The van der Waals surface area contributed by atoms with Gasteiger partial charge in [0, 0.05) is 13.1 Å². The fourth-order valence-electron chi connectivity index (χ4n) is 2.07. The second-order valence-corrected chi connectivity index (χ2v) is 8.78. The Bertz CT molecular complexity index is 519. The molecule has 1 amide bonds. The van der Waals surface area contributed by atoms with E-state index in [1.165, 1.54) is 6.92 Å². The average Bonchev–Trinajstić information content (AvgIpc) is 2.40. The summed E-state index contributed by atoms with van der Waals surface area (Å²) in [4.78, 5) is 12.3. The summed E-state index contributed by atoms with van der Waals surface area (Å²) in [5.74, 6) is -0.0156. The minimum Gasteiger partial charge on any atom is -0.358 e. The van der Waals surface area contributed by atoms with Gasteiger partial charge >= 0.3 is 0 Å². The number of hydrogen-bond donors (Lipinski definition) is 2. The monoisotopic (exact) mass is 348 g/mol. The lowest BCUT2D eigenvalue weighted by Gasteiger charge is -2.34. The van der Waals surface area contributed by atoms with Crippen LogP contribution in [0.25, 0.3) is 0 Å². The summed E-state index contributed by atoms with van der Waals surface area (Å²) in [7, 11) is -2.12. The molecule has 0 aliphatic heterocycles. The Balaban J connectivity index is 5.54. The molecule has 23 heavy (non-hydrogen) atoms. The fourth-order valence-corrected chi connectivity index (χ4v) is 2.88. The van der Waals surface area contributed by atoms with E-state index in [0.717, 1.165) is 0 Å². The van der Waals surface area contributed by atoms with Crippen LogP contribution < -0.4 is 10.6 Å². The van der Waals surface area contributed by atoms with Crippen molar-refractivity contribution in [2.24, 2.45) is 11.3 Å². The molecule has 2 N–H and O–H groups in total. The number of carbonyl (C=O) groups excluding carboxylic acids is 1. The summed E-state index contributed by atoms with van der Waals surface area (Å²) in [5, 5.41) is 5.94. The molecule has 0 aromatic heterocycles. The molecule has 0 fully saturated rings. The molecule has 2 atom stereocenters. The van der Waals surface area contributed by atoms with Crippen molar-refractivity contribution in [1.82, 2.24) is 10.6 Å². The Hall–Kier alpha value is -0.920. The molecule has 0 heterocycles. The minimum absolute atomic E-state index is 0.0934. The van der Waals surface area contributed by atoms with Gasteiger partial charge in [-0.2, -0.15) is 8.42 Å². The van der Waals surface area contributed by atoms with Gasteiger partial charge in [0.15, 0.2) is 0 Å². The first-order chi connectivity index (χ1) is 10.4. The first-order valence-corrected chi connectivity index (χ1v) is 9.33. The normalized spacial score (nSPS) is 16.3. The van der Waals surface area contributed by atoms with Gasteiger partial charge in [-0.1, -0.05) is 40.7 Å². The Labute approximate surface area is 141 Å². The van der Waals surface area contributed by atoms with Gasteiger partial charge < -0.3 is 5.32 Å². The number of likely N-dealkylation sites (N-methyl/N-ethyl adjacent to an activating group) is 1. The van der Waals surface area contributed by atoms with Gasteiger partial charge in [0.25, 0.3) is 10.1 Å². The van der Waals surface area contributed by atoms with E-state index in [9.17, 15) is 13.2 Å². The molecule has 0 spiro atoms. The topological polar surface area (TPSA) is 84.5 Å². The van der Waals surface area contributed by atoms with Gasteiger partial charge in [0.1, 0.15) is 0 Å². The third-order valence-electron chi connectivity index (χ3n) is 3.53. The highest BCUT2D eigenvalue weighted by Gasteiger charge is 2.33. The molecule has 0 saturated carbocycles. The number of amides is 1. The van der Waals surface area contributed by atoms with Crippen molar-refractivity contribution in [2.45, 2.75) is 60.5 Å². The molecule has 0 unspecified atom stereocenters. The maximum absolute atomic E-state index is 12.2. The van der Waals surface area contributed by atoms with E-state index >= 15 is 0 Å². The summed E-state index contributed by atoms with van der Waals surface area (Å²) in [6.07, 6.45) is 1.62. The number of rotatable bonds is 8. The van der Waals surface area contributed by atoms with Crippen LogP contribution in [0.15, 0.2) is 11.0 Å². The number of hydrogen-bond acceptors (Lipinski definition) is 5. The SMILES string of the molecule is CCOS(=O)(=O)/C(C)=C/[C@@H](N[C@H](C(=O)NC)C(C)(C)C)C(C)C. The zero-order valence-corrected chi connectivity index (χ0v) is 16.4. The van der Waals surface area contributed by atoms with Crippen LogP contribution >= 0.6 is 0 Å². The van der Waals surface area contributed by atoms with Gasteiger partial charge in [-0.05, 0) is 25.2 Å². The van der Waals surface area contributed by atoms with Gasteiger partial charge in [0.2, 0.25) is 5.91 Å². The molecule has 0 aromatic carbocycles. The first-order valence-electron chi connectivity index (χ1n) is 7.92. The van der Waals surface area contributed by atoms with Crippen LogP contribution in [-0.4, -0.2) is 40.1 Å². The van der Waals surface area contributed by atoms with E-state index < -0.39 is 16.2 Å².